The average Bonchev–Trinajstić information content (AvgIpc) is 2.69. The predicted molar refractivity (Wildman–Crippen MR) is 106 cm³/mol. The third-order valence-corrected chi connectivity index (χ3v) is 4.43. The van der Waals surface area contributed by atoms with Crippen LogP contribution in [0.25, 0.3) is 0 Å². The second kappa shape index (κ2) is 9.76. The van der Waals surface area contributed by atoms with Gasteiger partial charge in [-0.3, -0.25) is 10.5 Å². The fourth-order valence-electron chi connectivity index (χ4n) is 2.53. The summed E-state index contributed by atoms with van der Waals surface area (Å²) in [4.78, 5) is 11.0. The molecule has 0 aliphatic rings. The highest BCUT2D eigenvalue weighted by atomic mass is 35.5. The summed E-state index contributed by atoms with van der Waals surface area (Å²) in [5, 5.41) is 16.6. The van der Waals surface area contributed by atoms with Crippen molar-refractivity contribution < 1.29 is 36.2 Å². The maximum atomic E-state index is 12.8. The van der Waals surface area contributed by atoms with Crippen LogP contribution in [0.1, 0.15) is 23.6 Å². The van der Waals surface area contributed by atoms with Crippen molar-refractivity contribution >= 4 is 28.9 Å². The van der Waals surface area contributed by atoms with Crippen LogP contribution >= 0.6 is 11.6 Å². The molecule has 174 valence electrons. The van der Waals surface area contributed by atoms with E-state index < -0.39 is 36.7 Å². The number of alkyl halides is 6. The average molecular weight is 483 g/mol. The van der Waals surface area contributed by atoms with Gasteiger partial charge in [0.2, 0.25) is 6.35 Å². The molecule has 0 aliphatic heterocycles. The van der Waals surface area contributed by atoms with Crippen molar-refractivity contribution in [2.45, 2.75) is 32.2 Å². The number of nitrogens with two attached hydrogens (primary N) is 1. The molecule has 32 heavy (non-hydrogen) atoms. The molecule has 0 saturated carbocycles. The van der Waals surface area contributed by atoms with Crippen LogP contribution in [0, 0.1) is 0 Å². The lowest BCUT2D eigenvalue weighted by Crippen LogP contribution is -2.39. The maximum absolute atomic E-state index is 12.8. The van der Waals surface area contributed by atoms with Crippen LogP contribution in [0.4, 0.5) is 32.0 Å². The quantitative estimate of drug-likeness (QED) is 0.251. The molecule has 0 fully saturated rings. The van der Waals surface area contributed by atoms with Crippen LogP contribution in [-0.2, 0) is 17.5 Å². The lowest BCUT2D eigenvalue weighted by molar-refractivity contribution is -0.173. The zero-order valence-corrected chi connectivity index (χ0v) is 17.1. The van der Waals surface area contributed by atoms with Gasteiger partial charge >= 0.3 is 18.3 Å². The van der Waals surface area contributed by atoms with Crippen molar-refractivity contribution in [3.63, 3.8) is 0 Å². The van der Waals surface area contributed by atoms with E-state index in [4.69, 9.17) is 17.3 Å². The number of nitrogens with zero attached hydrogens (tertiary/aromatic N) is 2. The van der Waals surface area contributed by atoms with Crippen LogP contribution in [0.5, 0.6) is 0 Å². The van der Waals surface area contributed by atoms with Gasteiger partial charge in [-0.2, -0.15) is 31.4 Å². The van der Waals surface area contributed by atoms with Gasteiger partial charge in [-0.25, -0.2) is 5.01 Å². The fourth-order valence-corrected chi connectivity index (χ4v) is 2.78. The van der Waals surface area contributed by atoms with Gasteiger partial charge in [0.15, 0.2) is 0 Å². The van der Waals surface area contributed by atoms with Crippen LogP contribution in [0.15, 0.2) is 47.6 Å². The zero-order chi connectivity index (χ0) is 24.3. The van der Waals surface area contributed by atoms with Crippen LogP contribution < -0.4 is 16.1 Å². The molecule has 2 rings (SSSR count). The molecule has 1 amide bonds. The second-order valence-corrected chi connectivity index (χ2v) is 6.89. The summed E-state index contributed by atoms with van der Waals surface area (Å²) in [6, 6.07) is 7.80. The Morgan fingerprint density at radius 3 is 2.25 bits per heavy atom. The molecule has 1 atom stereocenters. The van der Waals surface area contributed by atoms with E-state index in [0.29, 0.717) is 0 Å². The predicted octanol–water partition coefficient (Wildman–Crippen LogP) is 4.00. The van der Waals surface area contributed by atoms with Crippen molar-refractivity contribution in [2.24, 2.45) is 10.8 Å². The number of hydrazone groups is 1. The van der Waals surface area contributed by atoms with Gasteiger partial charge in [0, 0.05) is 17.1 Å². The normalized spacial score (nSPS) is 13.6. The molecule has 13 heteroatoms. The Kier molecular flexibility index (Phi) is 7.75. The number of hydrogen-bond acceptors (Lipinski definition) is 5. The van der Waals surface area contributed by atoms with Gasteiger partial charge in [0.25, 0.3) is 0 Å². The van der Waals surface area contributed by atoms with E-state index in [-0.39, 0.29) is 27.5 Å². The number of halogens is 7. The number of rotatable bonds is 6. The summed E-state index contributed by atoms with van der Waals surface area (Å²) in [5.41, 5.74) is 5.25. The highest BCUT2D eigenvalue weighted by Crippen LogP contribution is 2.31. The van der Waals surface area contributed by atoms with E-state index in [9.17, 15) is 36.2 Å². The zero-order valence-electron chi connectivity index (χ0n) is 16.3. The number of nitrogens with one attached hydrogen (secondary N) is 1. The Morgan fingerprint density at radius 1 is 1.16 bits per heavy atom. The molecule has 1 unspecified atom stereocenters. The highest BCUT2D eigenvalue weighted by Gasteiger charge is 2.38. The molecular formula is C19H17ClF6N4O2. The first-order valence-electron chi connectivity index (χ1n) is 8.79. The first-order valence-corrected chi connectivity index (χ1v) is 9.17. The van der Waals surface area contributed by atoms with E-state index in [0.717, 1.165) is 29.3 Å². The van der Waals surface area contributed by atoms with Crippen molar-refractivity contribution in [1.82, 2.24) is 5.32 Å². The summed E-state index contributed by atoms with van der Waals surface area (Å²) < 4.78 is 75.3. The third-order valence-electron chi connectivity index (χ3n) is 4.10. The Bertz CT molecular complexity index is 991. The lowest BCUT2D eigenvalue weighted by atomic mass is 10.1. The van der Waals surface area contributed by atoms with Crippen LogP contribution in [0.3, 0.4) is 0 Å². The first kappa shape index (κ1) is 25.4. The van der Waals surface area contributed by atoms with Crippen molar-refractivity contribution in [2.75, 3.05) is 5.01 Å². The highest BCUT2D eigenvalue weighted by molar-refractivity contribution is 6.34. The lowest BCUT2D eigenvalue weighted by Gasteiger charge is -2.23. The summed E-state index contributed by atoms with van der Waals surface area (Å²) >= 11 is 6.12. The Morgan fingerprint density at radius 2 is 1.75 bits per heavy atom. The van der Waals surface area contributed by atoms with Gasteiger partial charge in [-0.1, -0.05) is 17.7 Å². The number of carbonyl (C=O) groups is 1. The van der Waals surface area contributed by atoms with E-state index in [1.807, 2.05) is 0 Å². The van der Waals surface area contributed by atoms with Crippen molar-refractivity contribution in [3.8, 4) is 0 Å². The largest absolute Gasteiger partial charge is 0.471 e. The Balaban J connectivity index is 2.31. The van der Waals surface area contributed by atoms with E-state index >= 15 is 0 Å². The van der Waals surface area contributed by atoms with Crippen molar-refractivity contribution in [3.05, 3.63) is 64.2 Å². The summed E-state index contributed by atoms with van der Waals surface area (Å²) in [6.45, 7) is 0.997. The van der Waals surface area contributed by atoms with Gasteiger partial charge < -0.3 is 10.4 Å². The molecule has 0 saturated heterocycles. The number of carbonyl (C=O) groups excluding carboxylic acids is 1. The number of benzene rings is 2. The fraction of sp³-hybridized carbons (Fsp3) is 0.263. The van der Waals surface area contributed by atoms with Gasteiger partial charge in [0.05, 0.1) is 17.0 Å². The van der Waals surface area contributed by atoms with Crippen molar-refractivity contribution in [1.29, 1.82) is 0 Å². The number of amides is 1. The number of anilines is 1. The maximum Gasteiger partial charge on any atom is 0.471 e. The van der Waals surface area contributed by atoms with Gasteiger partial charge in [0.1, 0.15) is 0 Å². The molecule has 6 nitrogen and oxygen atoms in total. The molecular weight excluding hydrogens is 466 g/mol. The smallest absolute Gasteiger partial charge is 0.360 e. The SMILES string of the molecule is C/C(=N\N(c1ccc(C(F)(F)F)cc1)C(N)O)c1cc(CNC(=O)C(F)(F)F)ccc1Cl. The van der Waals surface area contributed by atoms with E-state index in [1.165, 1.54) is 25.1 Å². The number of hydrogen-bond donors (Lipinski definition) is 3. The molecule has 0 aliphatic carbocycles. The molecule has 0 radical (unpaired) electrons. The molecule has 2 aromatic rings. The topological polar surface area (TPSA) is 90.9 Å². The molecule has 4 N–H and O–H groups in total. The van der Waals surface area contributed by atoms with E-state index in [1.54, 1.807) is 5.32 Å². The third kappa shape index (κ3) is 6.58. The molecule has 0 heterocycles. The van der Waals surface area contributed by atoms with Gasteiger partial charge in [-0.15, -0.1) is 0 Å². The minimum Gasteiger partial charge on any atom is -0.360 e. The standard InChI is InChI=1S/C19H17ClF6N4O2/c1-10(14-8-11(2-7-15(14)20)9-28-16(31)19(24,25)26)29-30(17(27)32)13-5-3-12(4-6-13)18(21,22)23/h2-8,17,32H,9,27H2,1H3,(H,28,31)/b29-10+. The summed E-state index contributed by atoms with van der Waals surface area (Å²) in [5.74, 6) is -2.11. The first-order chi connectivity index (χ1) is 14.7. The Labute approximate surface area is 183 Å². The molecule has 0 bridgehead atoms. The summed E-state index contributed by atoms with van der Waals surface area (Å²) in [6.07, 6.45) is -11.3. The monoisotopic (exact) mass is 482 g/mol. The number of aliphatic hydroxyl groups excluding tert-OH is 1. The molecule has 2 aromatic carbocycles. The second-order valence-electron chi connectivity index (χ2n) is 6.48. The number of aliphatic hydroxyl groups is 1. The van der Waals surface area contributed by atoms with Gasteiger partial charge in [-0.05, 0) is 48.9 Å². The Hall–Kier alpha value is -2.83. The minimum atomic E-state index is -5.04. The molecule has 0 aromatic heterocycles. The molecule has 0 spiro atoms. The van der Waals surface area contributed by atoms with Crippen LogP contribution in [0.2, 0.25) is 5.02 Å². The minimum absolute atomic E-state index is 0.0390. The summed E-state index contributed by atoms with van der Waals surface area (Å²) in [7, 11) is 0. The van der Waals surface area contributed by atoms with Crippen LogP contribution in [-0.4, -0.2) is 29.3 Å². The van der Waals surface area contributed by atoms with E-state index in [2.05, 4.69) is 5.10 Å².